The number of aromatic nitrogens is 2. The van der Waals surface area contributed by atoms with E-state index in [-0.39, 0.29) is 10.4 Å². The second kappa shape index (κ2) is 2.72. The van der Waals surface area contributed by atoms with Crippen molar-refractivity contribution in [2.24, 2.45) is 0 Å². The second-order valence-corrected chi connectivity index (χ2v) is 4.53. The van der Waals surface area contributed by atoms with Crippen LogP contribution in [0.4, 0.5) is 0 Å². The molecular weight excluding hydrogens is 212 g/mol. The monoisotopic (exact) mass is 216 g/mol. The van der Waals surface area contributed by atoms with Gasteiger partial charge in [0.25, 0.3) is 10.1 Å². The van der Waals surface area contributed by atoms with E-state index in [1.165, 1.54) is 12.1 Å². The largest absolute Gasteiger partial charge is 0.296 e. The van der Waals surface area contributed by atoms with Gasteiger partial charge in [-0.1, -0.05) is 10.6 Å². The SMILES string of the molecule is O=S(=O)(O)c1cccc2snnc12. The summed E-state index contributed by atoms with van der Waals surface area (Å²) in [6.45, 7) is 0. The molecule has 0 saturated carbocycles. The quantitative estimate of drug-likeness (QED) is 0.717. The normalized spacial score (nSPS) is 12.1. The van der Waals surface area contributed by atoms with Crippen molar-refractivity contribution < 1.29 is 13.0 Å². The van der Waals surface area contributed by atoms with Crippen LogP contribution >= 0.6 is 11.5 Å². The van der Waals surface area contributed by atoms with Gasteiger partial charge in [0.05, 0.1) is 4.70 Å². The van der Waals surface area contributed by atoms with E-state index in [0.29, 0.717) is 4.70 Å². The first-order chi connectivity index (χ1) is 6.09. The van der Waals surface area contributed by atoms with Crippen molar-refractivity contribution >= 4 is 31.9 Å². The van der Waals surface area contributed by atoms with Crippen molar-refractivity contribution in [3.8, 4) is 0 Å². The molecule has 5 nitrogen and oxygen atoms in total. The van der Waals surface area contributed by atoms with Gasteiger partial charge in [-0.15, -0.1) is 5.10 Å². The van der Waals surface area contributed by atoms with Crippen molar-refractivity contribution in [1.29, 1.82) is 0 Å². The summed E-state index contributed by atoms with van der Waals surface area (Å²) in [5.41, 5.74) is 0.218. The molecule has 1 heterocycles. The average Bonchev–Trinajstić information content (AvgIpc) is 2.48. The molecular formula is C6H4N2O3S2. The third-order valence-electron chi connectivity index (χ3n) is 1.52. The maximum Gasteiger partial charge on any atom is 0.296 e. The Morgan fingerprint density at radius 2 is 2.15 bits per heavy atom. The predicted octanol–water partition coefficient (Wildman–Crippen LogP) is 0.938. The first kappa shape index (κ1) is 8.54. The molecule has 7 heteroatoms. The minimum absolute atomic E-state index is 0.196. The Kier molecular flexibility index (Phi) is 1.79. The van der Waals surface area contributed by atoms with Crippen molar-refractivity contribution in [2.75, 3.05) is 0 Å². The van der Waals surface area contributed by atoms with E-state index in [1.54, 1.807) is 6.07 Å². The maximum absolute atomic E-state index is 10.8. The zero-order valence-electron chi connectivity index (χ0n) is 6.21. The lowest BCUT2D eigenvalue weighted by Crippen LogP contribution is -1.98. The molecule has 0 saturated heterocycles. The number of hydrogen-bond donors (Lipinski definition) is 1. The molecule has 0 spiro atoms. The van der Waals surface area contributed by atoms with Crippen LogP contribution < -0.4 is 0 Å². The number of fused-ring (bicyclic) bond motifs is 1. The van der Waals surface area contributed by atoms with Gasteiger partial charge in [-0.25, -0.2) is 0 Å². The van der Waals surface area contributed by atoms with E-state index in [9.17, 15) is 8.42 Å². The first-order valence-electron chi connectivity index (χ1n) is 3.27. The van der Waals surface area contributed by atoms with Crippen LogP contribution in [0.3, 0.4) is 0 Å². The molecule has 2 aromatic rings. The molecule has 0 atom stereocenters. The summed E-state index contributed by atoms with van der Waals surface area (Å²) in [4.78, 5) is -0.196. The zero-order valence-corrected chi connectivity index (χ0v) is 7.84. The Morgan fingerprint density at radius 3 is 2.85 bits per heavy atom. The Balaban J connectivity index is 2.91. The van der Waals surface area contributed by atoms with E-state index in [4.69, 9.17) is 4.55 Å². The maximum atomic E-state index is 10.8. The molecule has 0 radical (unpaired) electrons. The van der Waals surface area contributed by atoms with Crippen molar-refractivity contribution in [3.63, 3.8) is 0 Å². The summed E-state index contributed by atoms with van der Waals surface area (Å²) >= 11 is 1.08. The highest BCUT2D eigenvalue weighted by atomic mass is 32.2. The van der Waals surface area contributed by atoms with Gasteiger partial charge in [-0.3, -0.25) is 4.55 Å². The van der Waals surface area contributed by atoms with E-state index in [1.807, 2.05) is 0 Å². The van der Waals surface area contributed by atoms with Crippen LogP contribution in [0.1, 0.15) is 0 Å². The van der Waals surface area contributed by atoms with Crippen LogP contribution in [-0.2, 0) is 10.1 Å². The van der Waals surface area contributed by atoms with E-state index >= 15 is 0 Å². The smallest absolute Gasteiger partial charge is 0.282 e. The molecule has 13 heavy (non-hydrogen) atoms. The molecule has 0 aliphatic heterocycles. The van der Waals surface area contributed by atoms with Crippen LogP contribution in [0, 0.1) is 0 Å². The summed E-state index contributed by atoms with van der Waals surface area (Å²) in [6.07, 6.45) is 0. The highest BCUT2D eigenvalue weighted by Gasteiger charge is 2.15. The van der Waals surface area contributed by atoms with Crippen LogP contribution in [0.5, 0.6) is 0 Å². The summed E-state index contributed by atoms with van der Waals surface area (Å²) in [5.74, 6) is 0. The van der Waals surface area contributed by atoms with Gasteiger partial charge in [0.1, 0.15) is 10.4 Å². The summed E-state index contributed by atoms with van der Waals surface area (Å²) in [7, 11) is -4.20. The topological polar surface area (TPSA) is 80.2 Å². The molecule has 0 aliphatic carbocycles. The van der Waals surface area contributed by atoms with E-state index in [0.717, 1.165) is 11.5 Å². The van der Waals surface area contributed by atoms with Crippen LogP contribution in [0.25, 0.3) is 10.2 Å². The molecule has 0 bridgehead atoms. The zero-order chi connectivity index (χ0) is 9.47. The van der Waals surface area contributed by atoms with Gasteiger partial charge >= 0.3 is 0 Å². The van der Waals surface area contributed by atoms with Crippen molar-refractivity contribution in [1.82, 2.24) is 9.59 Å². The molecule has 0 aliphatic rings. The van der Waals surface area contributed by atoms with Crippen LogP contribution in [-0.4, -0.2) is 22.6 Å². The molecule has 0 amide bonds. The van der Waals surface area contributed by atoms with Gasteiger partial charge < -0.3 is 0 Å². The van der Waals surface area contributed by atoms with Crippen molar-refractivity contribution in [2.45, 2.75) is 4.90 Å². The molecule has 0 unspecified atom stereocenters. The third-order valence-corrected chi connectivity index (χ3v) is 3.09. The average molecular weight is 216 g/mol. The van der Waals surface area contributed by atoms with Gasteiger partial charge in [0.2, 0.25) is 0 Å². The summed E-state index contributed by atoms with van der Waals surface area (Å²) in [5, 5.41) is 3.61. The molecule has 68 valence electrons. The fourth-order valence-electron chi connectivity index (χ4n) is 0.988. The molecule has 0 fully saturated rings. The fraction of sp³-hybridized carbons (Fsp3) is 0. The van der Waals surface area contributed by atoms with E-state index < -0.39 is 10.1 Å². The third kappa shape index (κ3) is 1.41. The molecule has 1 aromatic heterocycles. The van der Waals surface area contributed by atoms with Crippen LogP contribution in [0.2, 0.25) is 0 Å². The first-order valence-corrected chi connectivity index (χ1v) is 5.49. The lowest BCUT2D eigenvalue weighted by atomic mass is 10.3. The fourth-order valence-corrected chi connectivity index (χ4v) is 2.29. The van der Waals surface area contributed by atoms with Gasteiger partial charge in [-0.05, 0) is 23.7 Å². The standard InChI is InChI=1S/C6H4N2O3S2/c9-13(10,11)5-3-1-2-4-6(5)7-8-12-4/h1-3H,(H,9,10,11). The van der Waals surface area contributed by atoms with Gasteiger partial charge in [-0.2, -0.15) is 8.42 Å². The number of nitrogens with zero attached hydrogens (tertiary/aromatic N) is 2. The minimum Gasteiger partial charge on any atom is -0.282 e. The Labute approximate surface area is 77.9 Å². The minimum atomic E-state index is -4.20. The number of rotatable bonds is 1. The van der Waals surface area contributed by atoms with Crippen LogP contribution in [0.15, 0.2) is 23.1 Å². The van der Waals surface area contributed by atoms with E-state index in [2.05, 4.69) is 9.59 Å². The lowest BCUT2D eigenvalue weighted by molar-refractivity contribution is 0.484. The predicted molar refractivity (Wildman–Crippen MR) is 47.2 cm³/mol. The Morgan fingerprint density at radius 1 is 1.38 bits per heavy atom. The molecule has 2 rings (SSSR count). The summed E-state index contributed by atoms with van der Waals surface area (Å²) in [6, 6.07) is 4.51. The Bertz CT molecular complexity index is 546. The summed E-state index contributed by atoms with van der Waals surface area (Å²) < 4.78 is 34.7. The number of benzene rings is 1. The van der Waals surface area contributed by atoms with Crippen molar-refractivity contribution in [3.05, 3.63) is 18.2 Å². The molecule has 1 N–H and O–H groups in total. The van der Waals surface area contributed by atoms with Gasteiger partial charge in [0, 0.05) is 0 Å². The second-order valence-electron chi connectivity index (χ2n) is 2.35. The molecule has 1 aromatic carbocycles. The lowest BCUT2D eigenvalue weighted by Gasteiger charge is -1.95. The highest BCUT2D eigenvalue weighted by Crippen LogP contribution is 2.22. The number of hydrogen-bond acceptors (Lipinski definition) is 5. The highest BCUT2D eigenvalue weighted by molar-refractivity contribution is 7.86. The Hall–Kier alpha value is -1.05. The van der Waals surface area contributed by atoms with Gasteiger partial charge in [0.15, 0.2) is 0 Å².